The van der Waals surface area contributed by atoms with Crippen LogP contribution < -0.4 is 15.0 Å². The van der Waals surface area contributed by atoms with E-state index in [1.807, 2.05) is 0 Å². The summed E-state index contributed by atoms with van der Waals surface area (Å²) in [5.74, 6) is -2.31. The number of phenolic OH excluding ortho intramolecular Hbond substituents is 1. The van der Waals surface area contributed by atoms with Gasteiger partial charge in [0.2, 0.25) is 0 Å². The van der Waals surface area contributed by atoms with E-state index >= 15 is 8.78 Å². The van der Waals surface area contributed by atoms with E-state index in [0.29, 0.717) is 50.5 Å². The van der Waals surface area contributed by atoms with Crippen molar-refractivity contribution in [3.05, 3.63) is 53.8 Å². The maximum atomic E-state index is 16.7. The Hall–Kier alpha value is -3.68. The number of hydrogen-bond donors (Lipinski definition) is 2. The molecule has 4 heterocycles. The number of rotatable bonds is 7. The molecule has 0 amide bonds. The summed E-state index contributed by atoms with van der Waals surface area (Å²) >= 11 is 0. The van der Waals surface area contributed by atoms with Gasteiger partial charge in [-0.3, -0.25) is 0 Å². The van der Waals surface area contributed by atoms with Gasteiger partial charge in [-0.2, -0.15) is 9.97 Å². The van der Waals surface area contributed by atoms with E-state index in [4.69, 9.17) is 9.72 Å². The number of hydrogen-bond acceptors (Lipinski definition) is 9. The van der Waals surface area contributed by atoms with Gasteiger partial charge >= 0.3 is 6.01 Å². The number of ether oxygens (including phenoxy) is 1. The maximum absolute atomic E-state index is 16.7. The molecule has 2 atom stereocenters. The summed E-state index contributed by atoms with van der Waals surface area (Å²) in [6.45, 7) is 3.37. The Bertz CT molecular complexity index is 1960. The van der Waals surface area contributed by atoms with Crippen LogP contribution in [0.4, 0.5) is 19.0 Å². The number of fused-ring (bicyclic) bond motifs is 4. The van der Waals surface area contributed by atoms with E-state index in [9.17, 15) is 17.9 Å². The van der Waals surface area contributed by atoms with Gasteiger partial charge in [0, 0.05) is 66.6 Å². The van der Waals surface area contributed by atoms with Crippen molar-refractivity contribution < 1.29 is 31.4 Å². The maximum Gasteiger partial charge on any atom is 0.319 e. The molecule has 3 saturated heterocycles. The summed E-state index contributed by atoms with van der Waals surface area (Å²) in [5.41, 5.74) is -0.193. The summed E-state index contributed by atoms with van der Waals surface area (Å²) in [4.78, 5) is 13.6. The Kier molecular flexibility index (Phi) is 7.07. The number of sulfone groups is 1. The number of halogens is 3. The predicted octanol–water partition coefficient (Wildman–Crippen LogP) is 4.40. The number of anilines is 1. The molecule has 9 nitrogen and oxygen atoms in total. The Morgan fingerprint density at radius 3 is 2.41 bits per heavy atom. The van der Waals surface area contributed by atoms with Crippen molar-refractivity contribution in [1.29, 1.82) is 0 Å². The van der Waals surface area contributed by atoms with Gasteiger partial charge in [-0.15, -0.1) is 0 Å². The number of piperazine rings is 1. The largest absolute Gasteiger partial charge is 0.508 e. The highest BCUT2D eigenvalue weighted by Crippen LogP contribution is 2.47. The van der Waals surface area contributed by atoms with Crippen molar-refractivity contribution in [2.75, 3.05) is 55.7 Å². The van der Waals surface area contributed by atoms with Crippen LogP contribution in [0.3, 0.4) is 0 Å². The SMILES string of the molecule is O=S1(=O)CCN(CC2(COc3nc(N4CC5CCC(C4)N5)c4ccc(-c5cc(O)cc6ccc(F)c(F)c56)c(F)c4n3)CC2)CC1. The number of nitrogens with zero attached hydrogens (tertiary/aromatic N) is 4. The normalized spacial score (nSPS) is 23.7. The van der Waals surface area contributed by atoms with Crippen molar-refractivity contribution in [2.24, 2.45) is 5.41 Å². The minimum Gasteiger partial charge on any atom is -0.508 e. The molecule has 46 heavy (non-hydrogen) atoms. The molecule has 8 rings (SSSR count). The van der Waals surface area contributed by atoms with Crippen LogP contribution >= 0.6 is 0 Å². The Balaban J connectivity index is 1.18. The first kappa shape index (κ1) is 29.7. The molecule has 3 aromatic carbocycles. The topological polar surface area (TPSA) is 108 Å². The molecular weight excluding hydrogens is 619 g/mol. The van der Waals surface area contributed by atoms with Crippen LogP contribution in [0.2, 0.25) is 0 Å². The van der Waals surface area contributed by atoms with Gasteiger partial charge in [-0.25, -0.2) is 21.6 Å². The van der Waals surface area contributed by atoms with E-state index < -0.39 is 27.3 Å². The Morgan fingerprint density at radius 2 is 1.70 bits per heavy atom. The van der Waals surface area contributed by atoms with Crippen LogP contribution in [0, 0.1) is 22.9 Å². The summed E-state index contributed by atoms with van der Waals surface area (Å²) < 4.78 is 76.2. The third-order valence-corrected chi connectivity index (χ3v) is 11.6. The van der Waals surface area contributed by atoms with E-state index in [-0.39, 0.29) is 68.2 Å². The summed E-state index contributed by atoms with van der Waals surface area (Å²) in [7, 11) is -2.98. The van der Waals surface area contributed by atoms with Gasteiger partial charge in [0.25, 0.3) is 0 Å². The molecule has 1 saturated carbocycles. The highest BCUT2D eigenvalue weighted by Gasteiger charge is 2.46. The number of benzene rings is 3. The zero-order valence-electron chi connectivity index (χ0n) is 25.1. The van der Waals surface area contributed by atoms with Crippen LogP contribution in [-0.4, -0.2) is 91.3 Å². The molecule has 242 valence electrons. The minimum atomic E-state index is -2.98. The molecule has 4 fully saturated rings. The van der Waals surface area contributed by atoms with Gasteiger partial charge < -0.3 is 25.0 Å². The second-order valence-electron chi connectivity index (χ2n) is 13.4. The quantitative estimate of drug-likeness (QED) is 0.300. The van der Waals surface area contributed by atoms with Crippen molar-refractivity contribution in [2.45, 2.75) is 37.8 Å². The summed E-state index contributed by atoms with van der Waals surface area (Å²) in [5, 5.41) is 14.6. The molecule has 4 aromatic rings. The lowest BCUT2D eigenvalue weighted by Gasteiger charge is -2.34. The van der Waals surface area contributed by atoms with Crippen LogP contribution in [0.15, 0.2) is 36.4 Å². The Labute approximate surface area is 264 Å². The number of nitrogens with one attached hydrogen (secondary N) is 1. The molecule has 4 aliphatic rings. The molecule has 0 radical (unpaired) electrons. The van der Waals surface area contributed by atoms with Crippen molar-refractivity contribution in [3.63, 3.8) is 0 Å². The van der Waals surface area contributed by atoms with Crippen LogP contribution in [-0.2, 0) is 9.84 Å². The predicted molar refractivity (Wildman–Crippen MR) is 168 cm³/mol. The van der Waals surface area contributed by atoms with Crippen LogP contribution in [0.5, 0.6) is 11.8 Å². The number of aromatic nitrogens is 2. The standard InChI is InChI=1S/C33H34F3N5O4S/c34-26-6-1-19-13-22(42)14-25(27(19)29(26)36)23-4-5-24-30(28(23)35)38-32(39-31(24)41-15-20-2-3-21(16-41)37-20)45-18-33(7-8-33)17-40-9-11-46(43,44)12-10-40/h1,4-6,13-14,20-21,37,42H,2-3,7-12,15-18H2. The highest BCUT2D eigenvalue weighted by atomic mass is 32.2. The lowest BCUT2D eigenvalue weighted by Crippen LogP contribution is -2.51. The first-order valence-corrected chi connectivity index (χ1v) is 17.6. The van der Waals surface area contributed by atoms with E-state index in [1.165, 1.54) is 24.3 Å². The summed E-state index contributed by atoms with van der Waals surface area (Å²) in [6.07, 6.45) is 3.92. The number of aromatic hydroxyl groups is 1. The molecule has 2 unspecified atom stereocenters. The van der Waals surface area contributed by atoms with E-state index in [1.54, 1.807) is 6.07 Å². The third-order valence-electron chi connectivity index (χ3n) is 10.0. The highest BCUT2D eigenvalue weighted by molar-refractivity contribution is 7.91. The fourth-order valence-electron chi connectivity index (χ4n) is 7.33. The van der Waals surface area contributed by atoms with Crippen molar-refractivity contribution >= 4 is 37.3 Å². The zero-order chi connectivity index (χ0) is 31.8. The van der Waals surface area contributed by atoms with E-state index in [0.717, 1.165) is 31.7 Å². The second-order valence-corrected chi connectivity index (χ2v) is 15.7. The van der Waals surface area contributed by atoms with Gasteiger partial charge in [-0.1, -0.05) is 12.1 Å². The lowest BCUT2D eigenvalue weighted by atomic mass is 9.95. The number of phenols is 1. The van der Waals surface area contributed by atoms with E-state index in [2.05, 4.69) is 20.1 Å². The van der Waals surface area contributed by atoms with Gasteiger partial charge in [0.15, 0.2) is 27.3 Å². The van der Waals surface area contributed by atoms with Crippen LogP contribution in [0.1, 0.15) is 25.7 Å². The molecule has 0 spiro atoms. The average Bonchev–Trinajstić information content (AvgIpc) is 3.72. The minimum absolute atomic E-state index is 0.00901. The monoisotopic (exact) mass is 653 g/mol. The first-order chi connectivity index (χ1) is 22.1. The van der Waals surface area contributed by atoms with Crippen molar-refractivity contribution in [1.82, 2.24) is 20.2 Å². The van der Waals surface area contributed by atoms with Gasteiger partial charge in [0.05, 0.1) is 18.1 Å². The van der Waals surface area contributed by atoms with Gasteiger partial charge in [-0.05, 0) is 60.9 Å². The molecule has 2 bridgehead atoms. The molecule has 3 aliphatic heterocycles. The molecule has 2 N–H and O–H groups in total. The molecule has 1 aliphatic carbocycles. The van der Waals surface area contributed by atoms with Gasteiger partial charge in [0.1, 0.15) is 17.1 Å². The molecule has 1 aromatic heterocycles. The fourth-order valence-corrected chi connectivity index (χ4v) is 8.60. The lowest BCUT2D eigenvalue weighted by molar-refractivity contribution is 0.160. The fraction of sp³-hybridized carbons (Fsp3) is 0.455. The average molecular weight is 654 g/mol. The second kappa shape index (κ2) is 11.0. The Morgan fingerprint density at radius 1 is 0.957 bits per heavy atom. The van der Waals surface area contributed by atoms with Crippen molar-refractivity contribution in [3.8, 4) is 22.9 Å². The molecule has 13 heteroatoms. The van der Waals surface area contributed by atoms with Crippen LogP contribution in [0.25, 0.3) is 32.8 Å². The first-order valence-electron chi connectivity index (χ1n) is 15.7. The molecular formula is C33H34F3N5O4S. The smallest absolute Gasteiger partial charge is 0.319 e. The third kappa shape index (κ3) is 5.41. The zero-order valence-corrected chi connectivity index (χ0v) is 25.9. The summed E-state index contributed by atoms with van der Waals surface area (Å²) in [6, 6.07) is 8.64.